The Bertz CT molecular complexity index is 1120. The molecule has 1 N–H and O–H groups in total. The highest BCUT2D eigenvalue weighted by Crippen LogP contribution is 2.23. The number of para-hydroxylation sites is 1. The van der Waals surface area contributed by atoms with Crippen molar-refractivity contribution >= 4 is 39.9 Å². The van der Waals surface area contributed by atoms with Crippen molar-refractivity contribution in [3.05, 3.63) is 66.2 Å². The summed E-state index contributed by atoms with van der Waals surface area (Å²) in [6.07, 6.45) is 3.88. The van der Waals surface area contributed by atoms with Gasteiger partial charge in [0.05, 0.1) is 5.52 Å². The Morgan fingerprint density at radius 3 is 2.69 bits per heavy atom. The fourth-order valence-corrected chi connectivity index (χ4v) is 4.19. The van der Waals surface area contributed by atoms with Crippen LogP contribution in [0, 0.1) is 0 Å². The first-order valence-corrected chi connectivity index (χ1v) is 11.0. The van der Waals surface area contributed by atoms with Crippen LogP contribution in [0.15, 0.2) is 65.8 Å². The number of nitrogens with one attached hydrogen (secondary N) is 1. The molecule has 0 unspecified atom stereocenters. The van der Waals surface area contributed by atoms with Crippen LogP contribution in [0.1, 0.15) is 31.7 Å². The van der Waals surface area contributed by atoms with Crippen molar-refractivity contribution in [3.63, 3.8) is 0 Å². The monoisotopic (exact) mass is 404 g/mol. The number of benzene rings is 2. The largest absolute Gasteiger partial charge is 0.326 e. The molecule has 4 rings (SSSR count). The molecule has 29 heavy (non-hydrogen) atoms. The Hall–Kier alpha value is -2.86. The Kier molecular flexibility index (Phi) is 6.10. The minimum Gasteiger partial charge on any atom is -0.326 e. The van der Waals surface area contributed by atoms with Crippen LogP contribution in [0.2, 0.25) is 0 Å². The summed E-state index contributed by atoms with van der Waals surface area (Å²) >= 11 is 1.55. The molecule has 0 atom stereocenters. The van der Waals surface area contributed by atoms with Crippen LogP contribution in [-0.2, 0) is 11.2 Å². The lowest BCUT2D eigenvalue weighted by molar-refractivity contribution is -0.115. The molecule has 0 saturated heterocycles. The van der Waals surface area contributed by atoms with Gasteiger partial charge in [0.2, 0.25) is 5.91 Å². The summed E-state index contributed by atoms with van der Waals surface area (Å²) < 4.78 is 2.05. The van der Waals surface area contributed by atoms with Crippen LogP contribution in [0.3, 0.4) is 0 Å². The Labute approximate surface area is 174 Å². The molecule has 4 aromatic rings. The SMILES string of the molecule is CCCCc1ccc(NC(=O)CCSc2nnc3ccc4ccccc4n23)cc1. The summed E-state index contributed by atoms with van der Waals surface area (Å²) in [5, 5.41) is 13.5. The van der Waals surface area contributed by atoms with Gasteiger partial charge in [-0.25, -0.2) is 0 Å². The van der Waals surface area contributed by atoms with Crippen molar-refractivity contribution in [1.82, 2.24) is 14.6 Å². The topological polar surface area (TPSA) is 59.3 Å². The summed E-state index contributed by atoms with van der Waals surface area (Å²) in [6.45, 7) is 2.19. The van der Waals surface area contributed by atoms with E-state index in [-0.39, 0.29) is 5.91 Å². The third-order valence-electron chi connectivity index (χ3n) is 4.86. The number of carbonyl (C=O) groups excluding carboxylic acids is 1. The van der Waals surface area contributed by atoms with E-state index in [1.165, 1.54) is 18.4 Å². The fourth-order valence-electron chi connectivity index (χ4n) is 3.30. The quantitative estimate of drug-likeness (QED) is 0.402. The van der Waals surface area contributed by atoms with Gasteiger partial charge in [-0.3, -0.25) is 9.20 Å². The van der Waals surface area contributed by atoms with Crippen LogP contribution in [0.4, 0.5) is 5.69 Å². The van der Waals surface area contributed by atoms with Crippen LogP contribution in [0.5, 0.6) is 0 Å². The van der Waals surface area contributed by atoms with Gasteiger partial charge in [-0.2, -0.15) is 0 Å². The number of pyridine rings is 1. The molecule has 1 amide bonds. The van der Waals surface area contributed by atoms with E-state index in [2.05, 4.69) is 52.8 Å². The first-order valence-electron chi connectivity index (χ1n) is 9.99. The van der Waals surface area contributed by atoms with Crippen LogP contribution < -0.4 is 5.32 Å². The molecule has 0 bridgehead atoms. The van der Waals surface area contributed by atoms with E-state index in [0.29, 0.717) is 12.2 Å². The molecule has 0 radical (unpaired) electrons. The number of thioether (sulfide) groups is 1. The zero-order valence-corrected chi connectivity index (χ0v) is 17.3. The molecule has 0 aliphatic heterocycles. The maximum Gasteiger partial charge on any atom is 0.225 e. The second-order valence-electron chi connectivity index (χ2n) is 7.02. The number of fused-ring (bicyclic) bond motifs is 3. The Balaban J connectivity index is 1.35. The number of anilines is 1. The summed E-state index contributed by atoms with van der Waals surface area (Å²) in [5.41, 5.74) is 4.05. The van der Waals surface area contributed by atoms with E-state index in [4.69, 9.17) is 0 Å². The molecule has 0 aliphatic rings. The van der Waals surface area contributed by atoms with Crippen molar-refractivity contribution in [3.8, 4) is 0 Å². The summed E-state index contributed by atoms with van der Waals surface area (Å²) in [7, 11) is 0. The van der Waals surface area contributed by atoms with Crippen molar-refractivity contribution in [2.24, 2.45) is 0 Å². The van der Waals surface area contributed by atoms with Gasteiger partial charge in [-0.1, -0.05) is 55.4 Å². The minimum atomic E-state index is 0.0116. The highest BCUT2D eigenvalue weighted by Gasteiger charge is 2.10. The molecule has 2 aromatic carbocycles. The summed E-state index contributed by atoms with van der Waals surface area (Å²) in [4.78, 5) is 12.3. The van der Waals surface area contributed by atoms with E-state index in [9.17, 15) is 4.79 Å². The number of nitrogens with zero attached hydrogens (tertiary/aromatic N) is 3. The third-order valence-corrected chi connectivity index (χ3v) is 5.80. The number of aromatic nitrogens is 3. The lowest BCUT2D eigenvalue weighted by Crippen LogP contribution is -2.12. The Morgan fingerprint density at radius 1 is 1.03 bits per heavy atom. The second-order valence-corrected chi connectivity index (χ2v) is 8.08. The number of amides is 1. The number of hydrogen-bond acceptors (Lipinski definition) is 4. The average molecular weight is 405 g/mol. The highest BCUT2D eigenvalue weighted by atomic mass is 32.2. The molecule has 0 spiro atoms. The number of hydrogen-bond donors (Lipinski definition) is 1. The van der Waals surface area contributed by atoms with Crippen LogP contribution in [0.25, 0.3) is 16.6 Å². The standard InChI is InChI=1S/C23H24N4OS/c1-2-3-6-17-9-12-19(13-10-17)24-22(28)15-16-29-23-26-25-21-14-11-18-7-4-5-8-20(18)27(21)23/h4-5,7-14H,2-3,6,15-16H2,1H3,(H,24,28). The van der Waals surface area contributed by atoms with E-state index in [1.807, 2.05) is 34.7 Å². The zero-order valence-electron chi connectivity index (χ0n) is 16.5. The molecular weight excluding hydrogens is 380 g/mol. The first-order chi connectivity index (χ1) is 14.2. The smallest absolute Gasteiger partial charge is 0.225 e. The minimum absolute atomic E-state index is 0.0116. The van der Waals surface area contributed by atoms with Crippen molar-refractivity contribution in [2.75, 3.05) is 11.1 Å². The van der Waals surface area contributed by atoms with Gasteiger partial charge in [0.25, 0.3) is 0 Å². The van der Waals surface area contributed by atoms with E-state index in [1.54, 1.807) is 11.8 Å². The summed E-state index contributed by atoms with van der Waals surface area (Å²) in [5.74, 6) is 0.655. The van der Waals surface area contributed by atoms with E-state index >= 15 is 0 Å². The number of aryl methyl sites for hydroxylation is 1. The maximum atomic E-state index is 12.3. The van der Waals surface area contributed by atoms with Gasteiger partial charge in [-0.05, 0) is 54.1 Å². The predicted octanol–water partition coefficient (Wildman–Crippen LogP) is 5.35. The van der Waals surface area contributed by atoms with Crippen LogP contribution in [-0.4, -0.2) is 26.3 Å². The average Bonchev–Trinajstić information content (AvgIpc) is 3.17. The highest BCUT2D eigenvalue weighted by molar-refractivity contribution is 7.99. The van der Waals surface area contributed by atoms with Crippen molar-refractivity contribution in [1.29, 1.82) is 0 Å². The number of unbranched alkanes of at least 4 members (excludes halogenated alkanes) is 1. The molecular formula is C23H24N4OS. The van der Waals surface area contributed by atoms with Gasteiger partial charge >= 0.3 is 0 Å². The lowest BCUT2D eigenvalue weighted by atomic mass is 10.1. The number of carbonyl (C=O) groups is 1. The molecule has 0 fully saturated rings. The van der Waals surface area contributed by atoms with Gasteiger partial charge in [0.15, 0.2) is 10.8 Å². The van der Waals surface area contributed by atoms with Gasteiger partial charge in [0.1, 0.15) is 0 Å². The van der Waals surface area contributed by atoms with Crippen molar-refractivity contribution in [2.45, 2.75) is 37.8 Å². The Morgan fingerprint density at radius 2 is 1.86 bits per heavy atom. The van der Waals surface area contributed by atoms with Gasteiger partial charge in [-0.15, -0.1) is 10.2 Å². The fraction of sp³-hybridized carbons (Fsp3) is 0.261. The molecule has 2 aromatic heterocycles. The van der Waals surface area contributed by atoms with Gasteiger partial charge in [0, 0.05) is 17.9 Å². The van der Waals surface area contributed by atoms with Crippen LogP contribution >= 0.6 is 11.8 Å². The molecule has 0 aliphatic carbocycles. The predicted molar refractivity (Wildman–Crippen MR) is 120 cm³/mol. The molecule has 2 heterocycles. The summed E-state index contributed by atoms with van der Waals surface area (Å²) in [6, 6.07) is 20.3. The third kappa shape index (κ3) is 4.59. The van der Waals surface area contributed by atoms with E-state index < -0.39 is 0 Å². The number of rotatable bonds is 8. The van der Waals surface area contributed by atoms with Crippen molar-refractivity contribution < 1.29 is 4.79 Å². The molecule has 5 nitrogen and oxygen atoms in total. The normalized spacial score (nSPS) is 11.2. The molecule has 6 heteroatoms. The maximum absolute atomic E-state index is 12.3. The zero-order chi connectivity index (χ0) is 20.1. The van der Waals surface area contributed by atoms with E-state index in [0.717, 1.165) is 33.8 Å². The second kappa shape index (κ2) is 9.09. The molecule has 0 saturated carbocycles. The first kappa shape index (κ1) is 19.5. The van der Waals surface area contributed by atoms with Gasteiger partial charge < -0.3 is 5.32 Å². The molecule has 148 valence electrons. The lowest BCUT2D eigenvalue weighted by Gasteiger charge is -2.07.